The zero-order chi connectivity index (χ0) is 14.9. The number of ether oxygens (including phenoxy) is 2. The fourth-order valence-electron chi connectivity index (χ4n) is 3.26. The number of aryl methyl sites for hydroxylation is 2. The van der Waals surface area contributed by atoms with E-state index in [2.05, 4.69) is 10.6 Å². The Hall–Kier alpha value is -1.59. The van der Waals surface area contributed by atoms with Gasteiger partial charge in [-0.3, -0.25) is 0 Å². The topological polar surface area (TPSA) is 59.6 Å². The Balaban J connectivity index is 1.67. The molecular weight excluding hydrogens is 268 g/mol. The molecule has 1 saturated carbocycles. The van der Waals surface area contributed by atoms with Gasteiger partial charge >= 0.3 is 6.03 Å². The summed E-state index contributed by atoms with van der Waals surface area (Å²) in [6.07, 6.45) is 2.75. The molecule has 1 heterocycles. The highest BCUT2D eigenvalue weighted by molar-refractivity contribution is 5.91. The molecule has 1 aromatic carbocycles. The predicted molar refractivity (Wildman–Crippen MR) is 80.3 cm³/mol. The van der Waals surface area contributed by atoms with Crippen molar-refractivity contribution in [3.63, 3.8) is 0 Å². The van der Waals surface area contributed by atoms with Gasteiger partial charge < -0.3 is 20.1 Å². The van der Waals surface area contributed by atoms with Crippen molar-refractivity contribution in [3.05, 3.63) is 29.3 Å². The number of rotatable bonds is 2. The van der Waals surface area contributed by atoms with Crippen LogP contribution in [0.3, 0.4) is 0 Å². The van der Waals surface area contributed by atoms with E-state index in [0.717, 1.165) is 36.1 Å². The Labute approximate surface area is 125 Å². The highest BCUT2D eigenvalue weighted by atomic mass is 16.7. The van der Waals surface area contributed by atoms with Gasteiger partial charge in [0.25, 0.3) is 0 Å². The fraction of sp³-hybridized carbons (Fsp3) is 0.562. The normalized spacial score (nSPS) is 23.4. The molecule has 3 rings (SSSR count). The van der Waals surface area contributed by atoms with Gasteiger partial charge in [0.2, 0.25) is 0 Å². The van der Waals surface area contributed by atoms with E-state index in [1.807, 2.05) is 32.0 Å². The Bertz CT molecular complexity index is 513. The second-order valence-corrected chi connectivity index (χ2v) is 5.82. The van der Waals surface area contributed by atoms with Crippen LogP contribution >= 0.6 is 0 Å². The second kappa shape index (κ2) is 5.66. The number of carbonyl (C=O) groups excluding carboxylic acids is 1. The van der Waals surface area contributed by atoms with Crippen molar-refractivity contribution in [2.45, 2.75) is 44.9 Å². The summed E-state index contributed by atoms with van der Waals surface area (Å²) in [6, 6.07) is 5.69. The number of benzene rings is 1. The molecule has 5 nitrogen and oxygen atoms in total. The van der Waals surface area contributed by atoms with Crippen molar-refractivity contribution in [2.24, 2.45) is 0 Å². The number of anilines is 1. The lowest BCUT2D eigenvalue weighted by atomic mass is 10.1. The molecule has 0 radical (unpaired) electrons. The van der Waals surface area contributed by atoms with E-state index in [-0.39, 0.29) is 12.1 Å². The Kier molecular flexibility index (Phi) is 3.87. The Morgan fingerprint density at radius 3 is 2.57 bits per heavy atom. The van der Waals surface area contributed by atoms with Crippen molar-refractivity contribution in [1.82, 2.24) is 5.32 Å². The quantitative estimate of drug-likeness (QED) is 0.880. The predicted octanol–water partition coefficient (Wildman–Crippen LogP) is 2.72. The number of nitrogens with one attached hydrogen (secondary N) is 2. The molecule has 1 aromatic rings. The molecule has 2 aliphatic rings. The van der Waals surface area contributed by atoms with Gasteiger partial charge in [-0.25, -0.2) is 4.79 Å². The summed E-state index contributed by atoms with van der Waals surface area (Å²) in [5, 5.41) is 5.97. The van der Waals surface area contributed by atoms with Crippen LogP contribution in [0.5, 0.6) is 0 Å². The van der Waals surface area contributed by atoms with Crippen LogP contribution in [-0.4, -0.2) is 31.1 Å². The Morgan fingerprint density at radius 2 is 1.90 bits per heavy atom. The number of urea groups is 1. The van der Waals surface area contributed by atoms with E-state index < -0.39 is 5.79 Å². The van der Waals surface area contributed by atoms with E-state index in [0.29, 0.717) is 13.2 Å². The van der Waals surface area contributed by atoms with Gasteiger partial charge in [-0.15, -0.1) is 0 Å². The van der Waals surface area contributed by atoms with Gasteiger partial charge in [-0.2, -0.15) is 0 Å². The third kappa shape index (κ3) is 2.76. The molecular formula is C16H22N2O3. The van der Waals surface area contributed by atoms with Gasteiger partial charge in [0.1, 0.15) is 0 Å². The van der Waals surface area contributed by atoms with Gasteiger partial charge in [0, 0.05) is 12.1 Å². The minimum atomic E-state index is -0.599. The summed E-state index contributed by atoms with van der Waals surface area (Å²) >= 11 is 0. The van der Waals surface area contributed by atoms with Crippen molar-refractivity contribution < 1.29 is 14.3 Å². The van der Waals surface area contributed by atoms with Crippen molar-refractivity contribution in [3.8, 4) is 0 Å². The summed E-state index contributed by atoms with van der Waals surface area (Å²) in [5.41, 5.74) is 2.98. The third-order valence-corrected chi connectivity index (χ3v) is 4.35. The van der Waals surface area contributed by atoms with Crippen LogP contribution in [-0.2, 0) is 9.47 Å². The monoisotopic (exact) mass is 290 g/mol. The van der Waals surface area contributed by atoms with Crippen LogP contribution in [0.25, 0.3) is 0 Å². The largest absolute Gasteiger partial charge is 0.346 e. The summed E-state index contributed by atoms with van der Waals surface area (Å²) in [5.74, 6) is -0.599. The molecule has 114 valence electrons. The summed E-state index contributed by atoms with van der Waals surface area (Å²) < 4.78 is 11.5. The van der Waals surface area contributed by atoms with Crippen LogP contribution in [0.15, 0.2) is 18.2 Å². The van der Waals surface area contributed by atoms with Gasteiger partial charge in [0.05, 0.1) is 19.3 Å². The minimum absolute atomic E-state index is 0.0793. The lowest BCUT2D eigenvalue weighted by molar-refractivity contribution is -0.164. The van der Waals surface area contributed by atoms with Gasteiger partial charge in [0.15, 0.2) is 5.79 Å². The van der Waals surface area contributed by atoms with E-state index >= 15 is 0 Å². The first-order valence-electron chi connectivity index (χ1n) is 7.52. The maximum absolute atomic E-state index is 12.3. The van der Waals surface area contributed by atoms with Gasteiger partial charge in [-0.05, 0) is 37.8 Å². The number of carbonyl (C=O) groups is 1. The molecule has 1 saturated heterocycles. The van der Waals surface area contributed by atoms with Crippen molar-refractivity contribution >= 4 is 11.7 Å². The molecule has 0 bridgehead atoms. The number of para-hydroxylation sites is 1. The lowest BCUT2D eigenvalue weighted by Gasteiger charge is -2.30. The van der Waals surface area contributed by atoms with Crippen LogP contribution in [0, 0.1) is 13.8 Å². The van der Waals surface area contributed by atoms with E-state index in [1.165, 1.54) is 0 Å². The first-order chi connectivity index (χ1) is 10.1. The highest BCUT2D eigenvalue weighted by Crippen LogP contribution is 2.37. The third-order valence-electron chi connectivity index (χ3n) is 4.35. The zero-order valence-corrected chi connectivity index (χ0v) is 12.6. The minimum Gasteiger partial charge on any atom is -0.346 e. The molecule has 21 heavy (non-hydrogen) atoms. The SMILES string of the molecule is Cc1cccc(C)c1NC(=O)N[C@H]1CCCC12OCCO2. The van der Waals surface area contributed by atoms with Crippen LogP contribution in [0.2, 0.25) is 0 Å². The molecule has 2 fully saturated rings. The molecule has 0 unspecified atom stereocenters. The van der Waals surface area contributed by atoms with Crippen molar-refractivity contribution in [1.29, 1.82) is 0 Å². The lowest BCUT2D eigenvalue weighted by Crippen LogP contribution is -2.51. The molecule has 1 aliphatic heterocycles. The van der Waals surface area contributed by atoms with E-state index in [4.69, 9.17) is 9.47 Å². The fourth-order valence-corrected chi connectivity index (χ4v) is 3.26. The van der Waals surface area contributed by atoms with E-state index in [9.17, 15) is 4.79 Å². The first-order valence-corrected chi connectivity index (χ1v) is 7.52. The molecule has 0 aromatic heterocycles. The smallest absolute Gasteiger partial charge is 0.319 e. The molecule has 2 N–H and O–H groups in total. The molecule has 1 atom stereocenters. The Morgan fingerprint density at radius 1 is 1.24 bits per heavy atom. The van der Waals surface area contributed by atoms with Crippen LogP contribution < -0.4 is 10.6 Å². The van der Waals surface area contributed by atoms with Gasteiger partial charge in [-0.1, -0.05) is 18.2 Å². The number of hydrogen-bond acceptors (Lipinski definition) is 3. The standard InChI is InChI=1S/C16H22N2O3/c1-11-5-3-6-12(2)14(11)18-15(19)17-13-7-4-8-16(13)20-9-10-21-16/h3,5-6,13H,4,7-10H2,1-2H3,(H2,17,18,19)/t13-/m0/s1. The van der Waals surface area contributed by atoms with Crippen molar-refractivity contribution in [2.75, 3.05) is 18.5 Å². The summed E-state index contributed by atoms with van der Waals surface area (Å²) in [7, 11) is 0. The second-order valence-electron chi connectivity index (χ2n) is 5.82. The average Bonchev–Trinajstić information content (AvgIpc) is 3.06. The van der Waals surface area contributed by atoms with Crippen LogP contribution in [0.4, 0.5) is 10.5 Å². The maximum Gasteiger partial charge on any atom is 0.319 e. The average molecular weight is 290 g/mol. The highest BCUT2D eigenvalue weighted by Gasteiger charge is 2.48. The zero-order valence-electron chi connectivity index (χ0n) is 12.6. The number of hydrogen-bond donors (Lipinski definition) is 2. The molecule has 1 aliphatic carbocycles. The molecule has 5 heteroatoms. The summed E-state index contributed by atoms with van der Waals surface area (Å²) in [4.78, 5) is 12.3. The molecule has 1 spiro atoms. The first kappa shape index (κ1) is 14.4. The maximum atomic E-state index is 12.3. The summed E-state index contributed by atoms with van der Waals surface area (Å²) in [6.45, 7) is 5.19. The van der Waals surface area contributed by atoms with Crippen LogP contribution in [0.1, 0.15) is 30.4 Å². The van der Waals surface area contributed by atoms with E-state index in [1.54, 1.807) is 0 Å². The molecule has 2 amide bonds. The number of amides is 2.